The number of aryl methyl sites for hydroxylation is 1. The summed E-state index contributed by atoms with van der Waals surface area (Å²) in [7, 11) is 4.03. The topological polar surface area (TPSA) is 25.2 Å². The van der Waals surface area contributed by atoms with Crippen molar-refractivity contribution in [3.63, 3.8) is 0 Å². The molecule has 0 unspecified atom stereocenters. The Balaban J connectivity index is 1.87. The van der Waals surface area contributed by atoms with Crippen LogP contribution in [-0.2, 0) is 7.05 Å². The van der Waals surface area contributed by atoms with Gasteiger partial charge in [0.1, 0.15) is 0 Å². The first-order valence-electron chi connectivity index (χ1n) is 6.91. The summed E-state index contributed by atoms with van der Waals surface area (Å²) in [6.07, 6.45) is 8.90. The molecule has 0 atom stereocenters. The van der Waals surface area contributed by atoms with Gasteiger partial charge in [-0.3, -0.25) is 9.69 Å². The van der Waals surface area contributed by atoms with Gasteiger partial charge in [0.05, 0.1) is 6.54 Å². The van der Waals surface area contributed by atoms with Crippen molar-refractivity contribution in [3.05, 3.63) is 24.0 Å². The number of aromatic nitrogens is 1. The van der Waals surface area contributed by atoms with Gasteiger partial charge in [0, 0.05) is 31.0 Å². The molecule has 1 aromatic rings. The highest BCUT2D eigenvalue weighted by Gasteiger charge is 2.23. The van der Waals surface area contributed by atoms with E-state index in [9.17, 15) is 4.79 Å². The van der Waals surface area contributed by atoms with Gasteiger partial charge in [0.15, 0.2) is 5.78 Å². The van der Waals surface area contributed by atoms with Gasteiger partial charge in [0.25, 0.3) is 0 Å². The van der Waals surface area contributed by atoms with E-state index in [0.29, 0.717) is 12.6 Å². The molecule has 3 nitrogen and oxygen atoms in total. The Morgan fingerprint density at radius 3 is 2.61 bits per heavy atom. The molecule has 1 heterocycles. The molecule has 100 valence electrons. The SMILES string of the molecule is CC1CCC(N(C)CC(=O)c2ccn(C)c2)CC1. The fraction of sp³-hybridized carbons (Fsp3) is 0.667. The Hall–Kier alpha value is -1.09. The number of likely N-dealkylation sites (N-methyl/N-ethyl adjacent to an activating group) is 1. The summed E-state index contributed by atoms with van der Waals surface area (Å²) in [5.74, 6) is 1.09. The zero-order valence-corrected chi connectivity index (χ0v) is 11.7. The lowest BCUT2D eigenvalue weighted by atomic mass is 9.86. The van der Waals surface area contributed by atoms with Gasteiger partial charge in [-0.25, -0.2) is 0 Å². The quantitative estimate of drug-likeness (QED) is 0.766. The van der Waals surface area contributed by atoms with Crippen LogP contribution in [0.5, 0.6) is 0 Å². The first kappa shape index (κ1) is 13.3. The third-order valence-corrected chi connectivity index (χ3v) is 4.16. The summed E-state index contributed by atoms with van der Waals surface area (Å²) in [5.41, 5.74) is 0.827. The van der Waals surface area contributed by atoms with Crippen LogP contribution in [-0.4, -0.2) is 34.9 Å². The van der Waals surface area contributed by atoms with Gasteiger partial charge in [-0.1, -0.05) is 6.92 Å². The smallest absolute Gasteiger partial charge is 0.178 e. The molecule has 1 aliphatic rings. The zero-order valence-electron chi connectivity index (χ0n) is 11.7. The van der Waals surface area contributed by atoms with E-state index in [0.717, 1.165) is 11.5 Å². The third-order valence-electron chi connectivity index (χ3n) is 4.16. The predicted octanol–water partition coefficient (Wildman–Crippen LogP) is 2.72. The number of nitrogens with zero attached hydrogens (tertiary/aromatic N) is 2. The molecule has 1 fully saturated rings. The van der Waals surface area contributed by atoms with Crippen molar-refractivity contribution in [2.45, 2.75) is 38.6 Å². The third kappa shape index (κ3) is 3.22. The second kappa shape index (κ2) is 5.70. The largest absolute Gasteiger partial charge is 0.357 e. The molecule has 0 aromatic carbocycles. The number of hydrogen-bond donors (Lipinski definition) is 0. The maximum atomic E-state index is 12.1. The molecule has 1 aliphatic carbocycles. The highest BCUT2D eigenvalue weighted by molar-refractivity contribution is 5.97. The molecule has 18 heavy (non-hydrogen) atoms. The molecule has 3 heteroatoms. The first-order chi connectivity index (χ1) is 8.56. The fourth-order valence-electron chi connectivity index (χ4n) is 2.80. The van der Waals surface area contributed by atoms with E-state index in [1.54, 1.807) is 0 Å². The second-order valence-corrected chi connectivity index (χ2v) is 5.82. The van der Waals surface area contributed by atoms with Crippen LogP contribution >= 0.6 is 0 Å². The molecule has 0 amide bonds. The Kier molecular flexibility index (Phi) is 4.23. The van der Waals surface area contributed by atoms with E-state index in [2.05, 4.69) is 18.9 Å². The normalized spacial score (nSPS) is 24.4. The molecule has 0 bridgehead atoms. The van der Waals surface area contributed by atoms with E-state index < -0.39 is 0 Å². The van der Waals surface area contributed by atoms with Gasteiger partial charge in [-0.2, -0.15) is 0 Å². The Bertz CT molecular complexity index is 402. The van der Waals surface area contributed by atoms with Crippen molar-refractivity contribution in [2.75, 3.05) is 13.6 Å². The van der Waals surface area contributed by atoms with Crippen LogP contribution in [0.2, 0.25) is 0 Å². The van der Waals surface area contributed by atoms with Crippen LogP contribution < -0.4 is 0 Å². The lowest BCUT2D eigenvalue weighted by molar-refractivity contribution is 0.0889. The van der Waals surface area contributed by atoms with Crippen molar-refractivity contribution in [1.82, 2.24) is 9.47 Å². The number of Topliss-reactive ketones (excluding diaryl/α,β-unsaturated/α-hetero) is 1. The molecule has 0 radical (unpaired) electrons. The van der Waals surface area contributed by atoms with Gasteiger partial charge >= 0.3 is 0 Å². The predicted molar refractivity (Wildman–Crippen MR) is 73.8 cm³/mol. The molecular formula is C15H24N2O. The van der Waals surface area contributed by atoms with Crippen molar-refractivity contribution in [2.24, 2.45) is 13.0 Å². The number of hydrogen-bond acceptors (Lipinski definition) is 2. The van der Waals surface area contributed by atoms with Crippen molar-refractivity contribution < 1.29 is 4.79 Å². The number of carbonyl (C=O) groups is 1. The van der Waals surface area contributed by atoms with Gasteiger partial charge < -0.3 is 4.57 Å². The number of rotatable bonds is 4. The maximum absolute atomic E-state index is 12.1. The fourth-order valence-corrected chi connectivity index (χ4v) is 2.80. The Morgan fingerprint density at radius 2 is 2.06 bits per heavy atom. The molecule has 0 N–H and O–H groups in total. The standard InChI is InChI=1S/C15H24N2O/c1-12-4-6-14(7-5-12)17(3)11-15(18)13-8-9-16(2)10-13/h8-10,12,14H,4-7,11H2,1-3H3. The maximum Gasteiger partial charge on any atom is 0.178 e. The number of ketones is 1. The highest BCUT2D eigenvalue weighted by atomic mass is 16.1. The van der Waals surface area contributed by atoms with Gasteiger partial charge in [0.2, 0.25) is 0 Å². The molecular weight excluding hydrogens is 224 g/mol. The van der Waals surface area contributed by atoms with Gasteiger partial charge in [-0.15, -0.1) is 0 Å². The van der Waals surface area contributed by atoms with E-state index >= 15 is 0 Å². The van der Waals surface area contributed by atoms with E-state index in [4.69, 9.17) is 0 Å². The zero-order chi connectivity index (χ0) is 13.1. The van der Waals surface area contributed by atoms with Crippen molar-refractivity contribution in [3.8, 4) is 0 Å². The summed E-state index contributed by atoms with van der Waals surface area (Å²) in [5, 5.41) is 0. The van der Waals surface area contributed by atoms with Crippen LogP contribution in [0.25, 0.3) is 0 Å². The summed E-state index contributed by atoms with van der Waals surface area (Å²) in [6.45, 7) is 2.87. The molecule has 1 aromatic heterocycles. The summed E-state index contributed by atoms with van der Waals surface area (Å²) in [6, 6.07) is 2.49. The average molecular weight is 248 g/mol. The molecule has 0 spiro atoms. The Labute approximate surface area is 110 Å². The van der Waals surface area contributed by atoms with Crippen molar-refractivity contribution in [1.29, 1.82) is 0 Å². The lowest BCUT2D eigenvalue weighted by Gasteiger charge is -2.33. The van der Waals surface area contributed by atoms with E-state index in [-0.39, 0.29) is 5.78 Å². The van der Waals surface area contributed by atoms with Crippen LogP contribution in [0.15, 0.2) is 18.5 Å². The van der Waals surface area contributed by atoms with Crippen LogP contribution in [0.1, 0.15) is 43.0 Å². The molecule has 2 rings (SSSR count). The molecule has 0 saturated heterocycles. The van der Waals surface area contributed by atoms with Gasteiger partial charge in [-0.05, 0) is 44.7 Å². The average Bonchev–Trinajstić information content (AvgIpc) is 2.76. The van der Waals surface area contributed by atoms with E-state index in [1.807, 2.05) is 30.1 Å². The minimum atomic E-state index is 0.233. The van der Waals surface area contributed by atoms with Crippen molar-refractivity contribution >= 4 is 5.78 Å². The minimum absolute atomic E-state index is 0.233. The van der Waals surface area contributed by atoms with E-state index in [1.165, 1.54) is 25.7 Å². The highest BCUT2D eigenvalue weighted by Crippen LogP contribution is 2.26. The summed E-state index contributed by atoms with van der Waals surface area (Å²) in [4.78, 5) is 14.4. The second-order valence-electron chi connectivity index (χ2n) is 5.82. The summed E-state index contributed by atoms with van der Waals surface area (Å²) < 4.78 is 1.93. The molecule has 0 aliphatic heterocycles. The first-order valence-corrected chi connectivity index (χ1v) is 6.91. The van der Waals surface area contributed by atoms with Crippen LogP contribution in [0, 0.1) is 5.92 Å². The minimum Gasteiger partial charge on any atom is -0.357 e. The number of carbonyl (C=O) groups excluding carboxylic acids is 1. The molecule has 1 saturated carbocycles. The van der Waals surface area contributed by atoms with Crippen LogP contribution in [0.4, 0.5) is 0 Å². The Morgan fingerprint density at radius 1 is 1.39 bits per heavy atom. The van der Waals surface area contributed by atoms with Crippen LogP contribution in [0.3, 0.4) is 0 Å². The lowest BCUT2D eigenvalue weighted by Crippen LogP contribution is -2.38. The summed E-state index contributed by atoms with van der Waals surface area (Å²) >= 11 is 0. The monoisotopic (exact) mass is 248 g/mol.